The Morgan fingerprint density at radius 1 is 1.53 bits per heavy atom. The molecule has 84 valence electrons. The molecule has 1 atom stereocenters. The van der Waals surface area contributed by atoms with Crippen LogP contribution < -0.4 is 4.74 Å². The van der Waals surface area contributed by atoms with Gasteiger partial charge in [-0.3, -0.25) is 0 Å². The van der Waals surface area contributed by atoms with Crippen LogP contribution in [0.2, 0.25) is 0 Å². The molecule has 4 heteroatoms. The predicted octanol–water partition coefficient (Wildman–Crippen LogP) is 2.09. The van der Waals surface area contributed by atoms with Gasteiger partial charge in [0.1, 0.15) is 0 Å². The van der Waals surface area contributed by atoms with Crippen LogP contribution >= 0.6 is 11.8 Å². The second-order valence-corrected chi connectivity index (χ2v) is 4.63. The number of thioether (sulfide) groups is 1. The summed E-state index contributed by atoms with van der Waals surface area (Å²) in [7, 11) is 0. The van der Waals surface area contributed by atoms with Gasteiger partial charge >= 0.3 is 0 Å². The molecular formula is C11H17NO2S. The van der Waals surface area contributed by atoms with E-state index in [9.17, 15) is 0 Å². The van der Waals surface area contributed by atoms with E-state index < -0.39 is 0 Å². The minimum atomic E-state index is 0.204. The monoisotopic (exact) mass is 227 g/mol. The van der Waals surface area contributed by atoms with Gasteiger partial charge in [0.05, 0.1) is 18.9 Å². The Labute approximate surface area is 94.9 Å². The number of rotatable bonds is 6. The van der Waals surface area contributed by atoms with Gasteiger partial charge in [-0.15, -0.1) is 0 Å². The van der Waals surface area contributed by atoms with Crippen molar-refractivity contribution >= 4 is 11.8 Å². The smallest absolute Gasteiger partial charge is 0.213 e. The molecule has 1 unspecified atom stereocenters. The van der Waals surface area contributed by atoms with E-state index in [-0.39, 0.29) is 11.9 Å². The predicted molar refractivity (Wildman–Crippen MR) is 63.2 cm³/mol. The van der Waals surface area contributed by atoms with Crippen LogP contribution in [0.25, 0.3) is 0 Å². The van der Waals surface area contributed by atoms with Crippen molar-refractivity contribution in [2.75, 3.05) is 13.2 Å². The maximum atomic E-state index is 8.89. The van der Waals surface area contributed by atoms with Gasteiger partial charge < -0.3 is 9.84 Å². The fraction of sp³-hybridized carbons (Fsp3) is 0.545. The third-order valence-electron chi connectivity index (χ3n) is 1.85. The van der Waals surface area contributed by atoms with Gasteiger partial charge in [0, 0.05) is 17.1 Å². The Bertz CT molecular complexity index is 294. The molecule has 0 aliphatic rings. The average Bonchev–Trinajstić information content (AvgIpc) is 2.27. The highest BCUT2D eigenvalue weighted by molar-refractivity contribution is 7.99. The molecule has 0 spiro atoms. The first-order valence-electron chi connectivity index (χ1n) is 5.07. The van der Waals surface area contributed by atoms with Gasteiger partial charge in [-0.25, -0.2) is 4.98 Å². The fourth-order valence-corrected chi connectivity index (χ4v) is 1.77. The molecular weight excluding hydrogens is 210 g/mol. The van der Waals surface area contributed by atoms with Crippen LogP contribution in [-0.4, -0.2) is 28.6 Å². The quantitative estimate of drug-likeness (QED) is 0.808. The Hall–Kier alpha value is -0.740. The third-order valence-corrected chi connectivity index (χ3v) is 3.03. The van der Waals surface area contributed by atoms with E-state index in [1.165, 1.54) is 0 Å². The number of aromatic nitrogens is 1. The van der Waals surface area contributed by atoms with Crippen LogP contribution in [0.15, 0.2) is 18.2 Å². The average molecular weight is 227 g/mol. The molecule has 0 aliphatic carbocycles. The summed E-state index contributed by atoms with van der Waals surface area (Å²) in [5.41, 5.74) is 0.992. The summed E-state index contributed by atoms with van der Waals surface area (Å²) in [6.45, 7) is 4.78. The largest absolute Gasteiger partial charge is 0.478 e. The van der Waals surface area contributed by atoms with E-state index in [0.717, 1.165) is 11.4 Å². The van der Waals surface area contributed by atoms with Crippen molar-refractivity contribution < 1.29 is 9.84 Å². The minimum Gasteiger partial charge on any atom is -0.478 e. The van der Waals surface area contributed by atoms with E-state index in [2.05, 4.69) is 4.98 Å². The van der Waals surface area contributed by atoms with Gasteiger partial charge in [-0.2, -0.15) is 11.8 Å². The first kappa shape index (κ1) is 12.3. The summed E-state index contributed by atoms with van der Waals surface area (Å²) in [5.74, 6) is 1.48. The van der Waals surface area contributed by atoms with Gasteiger partial charge in [0.15, 0.2) is 0 Å². The molecule has 1 N–H and O–H groups in total. The summed E-state index contributed by atoms with van der Waals surface area (Å²) in [6.07, 6.45) is 0. The molecule has 0 aliphatic heterocycles. The van der Waals surface area contributed by atoms with Crippen LogP contribution in [0.1, 0.15) is 19.5 Å². The number of hydrogen-bond donors (Lipinski definition) is 1. The minimum absolute atomic E-state index is 0.204. The molecule has 1 heterocycles. The Balaban J connectivity index is 2.50. The van der Waals surface area contributed by atoms with Crippen LogP contribution in [0.5, 0.6) is 5.88 Å². The first-order chi connectivity index (χ1) is 7.26. The lowest BCUT2D eigenvalue weighted by Gasteiger charge is -2.08. The van der Waals surface area contributed by atoms with Crippen LogP contribution in [0.3, 0.4) is 0 Å². The zero-order chi connectivity index (χ0) is 11.1. The molecule has 1 aromatic rings. The lowest BCUT2D eigenvalue weighted by Crippen LogP contribution is -2.03. The highest BCUT2D eigenvalue weighted by Gasteiger charge is 2.03. The van der Waals surface area contributed by atoms with Gasteiger partial charge in [0.25, 0.3) is 0 Å². The zero-order valence-corrected chi connectivity index (χ0v) is 9.96. The number of aliphatic hydroxyl groups is 1. The SMILES string of the molecule is CCOc1cccc(CSC(C)CO)n1. The molecule has 3 nitrogen and oxygen atoms in total. The molecule has 0 amide bonds. The molecule has 1 rings (SSSR count). The topological polar surface area (TPSA) is 42.4 Å². The third kappa shape index (κ3) is 4.53. The molecule has 0 saturated carbocycles. The standard InChI is InChI=1S/C11H17NO2S/c1-3-14-11-6-4-5-10(12-11)8-15-9(2)7-13/h4-6,9,13H,3,7-8H2,1-2H3. The number of hydrogen-bond acceptors (Lipinski definition) is 4. The first-order valence-corrected chi connectivity index (χ1v) is 6.12. The second kappa shape index (κ2) is 6.69. The van der Waals surface area contributed by atoms with E-state index in [1.54, 1.807) is 11.8 Å². The number of pyridine rings is 1. The summed E-state index contributed by atoms with van der Waals surface area (Å²) < 4.78 is 5.31. The van der Waals surface area contributed by atoms with Gasteiger partial charge in [-0.1, -0.05) is 13.0 Å². The molecule has 0 fully saturated rings. The Morgan fingerprint density at radius 3 is 3.00 bits per heavy atom. The van der Waals surface area contributed by atoms with Crippen molar-refractivity contribution in [3.05, 3.63) is 23.9 Å². The highest BCUT2D eigenvalue weighted by Crippen LogP contribution is 2.17. The van der Waals surface area contributed by atoms with Crippen molar-refractivity contribution in [1.29, 1.82) is 0 Å². The summed E-state index contributed by atoms with van der Waals surface area (Å²) in [6, 6.07) is 5.77. The van der Waals surface area contributed by atoms with Crippen LogP contribution in [-0.2, 0) is 5.75 Å². The number of ether oxygens (including phenoxy) is 1. The van der Waals surface area contributed by atoms with Crippen molar-refractivity contribution in [2.24, 2.45) is 0 Å². The normalized spacial score (nSPS) is 12.5. The lowest BCUT2D eigenvalue weighted by atomic mass is 10.4. The number of aliphatic hydroxyl groups excluding tert-OH is 1. The van der Waals surface area contributed by atoms with Crippen LogP contribution in [0, 0.1) is 0 Å². The molecule has 1 aromatic heterocycles. The van der Waals surface area contributed by atoms with Crippen molar-refractivity contribution in [1.82, 2.24) is 4.98 Å². The van der Waals surface area contributed by atoms with Gasteiger partial charge in [0.2, 0.25) is 5.88 Å². The highest BCUT2D eigenvalue weighted by atomic mass is 32.2. The fourth-order valence-electron chi connectivity index (χ4n) is 1.05. The Kier molecular flexibility index (Phi) is 5.50. The number of nitrogens with zero attached hydrogens (tertiary/aromatic N) is 1. The molecule has 0 bridgehead atoms. The van der Waals surface area contributed by atoms with E-state index in [0.29, 0.717) is 12.5 Å². The summed E-state index contributed by atoms with van der Waals surface area (Å²) in [4.78, 5) is 4.34. The Morgan fingerprint density at radius 2 is 2.33 bits per heavy atom. The summed E-state index contributed by atoms with van der Waals surface area (Å²) in [5, 5.41) is 9.14. The molecule has 0 saturated heterocycles. The maximum absolute atomic E-state index is 8.89. The molecule has 0 aromatic carbocycles. The molecule has 15 heavy (non-hydrogen) atoms. The maximum Gasteiger partial charge on any atom is 0.213 e. The second-order valence-electron chi connectivity index (χ2n) is 3.20. The van der Waals surface area contributed by atoms with E-state index in [4.69, 9.17) is 9.84 Å². The lowest BCUT2D eigenvalue weighted by molar-refractivity contribution is 0.300. The zero-order valence-electron chi connectivity index (χ0n) is 9.14. The van der Waals surface area contributed by atoms with Crippen molar-refractivity contribution in [3.8, 4) is 5.88 Å². The molecule has 0 radical (unpaired) electrons. The van der Waals surface area contributed by atoms with Crippen LogP contribution in [0.4, 0.5) is 0 Å². The van der Waals surface area contributed by atoms with E-state index >= 15 is 0 Å². The van der Waals surface area contributed by atoms with E-state index in [1.807, 2.05) is 32.0 Å². The van der Waals surface area contributed by atoms with Gasteiger partial charge in [-0.05, 0) is 13.0 Å². The summed E-state index contributed by atoms with van der Waals surface area (Å²) >= 11 is 1.69. The van der Waals surface area contributed by atoms with Crippen molar-refractivity contribution in [2.45, 2.75) is 24.9 Å². The van der Waals surface area contributed by atoms with Crippen molar-refractivity contribution in [3.63, 3.8) is 0 Å².